The van der Waals surface area contributed by atoms with Crippen LogP contribution in [-0.2, 0) is 11.4 Å². The van der Waals surface area contributed by atoms with Crippen molar-refractivity contribution in [2.45, 2.75) is 33.3 Å². The van der Waals surface area contributed by atoms with Crippen molar-refractivity contribution in [1.29, 1.82) is 0 Å². The molecule has 1 atom stereocenters. The first-order valence-corrected chi connectivity index (χ1v) is 6.04. The molecule has 1 aromatic carbocycles. The van der Waals surface area contributed by atoms with Gasteiger partial charge in [0, 0.05) is 6.21 Å². The number of hydrogen-bond acceptors (Lipinski definition) is 2. The topological polar surface area (TPSA) is 21.6 Å². The summed E-state index contributed by atoms with van der Waals surface area (Å²) in [6.45, 7) is 3.12. The fraction of sp³-hybridized carbons (Fsp3) is 0.462. The first kappa shape index (κ1) is 16.4. The van der Waals surface area contributed by atoms with Gasteiger partial charge in [0.05, 0.1) is 5.56 Å². The second kappa shape index (κ2) is 7.21. The van der Waals surface area contributed by atoms with Crippen molar-refractivity contribution < 1.29 is 26.8 Å². The molecule has 0 saturated heterocycles. The standard InChI is InChI=1S/C13H14F5NO/c1-3-7(2)4-5-19-20-6-8-9(14)11(16)13(18)12(17)10(8)15/h5,7H,3-4,6H2,1-2H3/b19-5+. The molecular weight excluding hydrogens is 281 g/mol. The summed E-state index contributed by atoms with van der Waals surface area (Å²) in [6.07, 6.45) is 2.90. The van der Waals surface area contributed by atoms with Gasteiger partial charge in [-0.25, -0.2) is 22.0 Å². The van der Waals surface area contributed by atoms with Crippen molar-refractivity contribution in [3.63, 3.8) is 0 Å². The predicted molar refractivity (Wildman–Crippen MR) is 63.6 cm³/mol. The molecule has 20 heavy (non-hydrogen) atoms. The molecule has 0 aliphatic rings. The molecule has 2 nitrogen and oxygen atoms in total. The van der Waals surface area contributed by atoms with Crippen LogP contribution in [0, 0.1) is 35.0 Å². The average Bonchev–Trinajstić information content (AvgIpc) is 2.45. The van der Waals surface area contributed by atoms with Crippen LogP contribution in [0.1, 0.15) is 32.3 Å². The van der Waals surface area contributed by atoms with Gasteiger partial charge in [-0.2, -0.15) is 0 Å². The second-order valence-electron chi connectivity index (χ2n) is 4.36. The summed E-state index contributed by atoms with van der Waals surface area (Å²) in [5, 5.41) is 3.42. The molecule has 0 heterocycles. The van der Waals surface area contributed by atoms with E-state index in [1.807, 2.05) is 13.8 Å². The zero-order valence-electron chi connectivity index (χ0n) is 11.0. The molecule has 0 saturated carbocycles. The number of rotatable bonds is 6. The van der Waals surface area contributed by atoms with Gasteiger partial charge in [0.15, 0.2) is 23.3 Å². The quantitative estimate of drug-likeness (QED) is 0.252. The zero-order chi connectivity index (χ0) is 15.3. The maximum Gasteiger partial charge on any atom is 0.200 e. The summed E-state index contributed by atoms with van der Waals surface area (Å²) in [5.41, 5.74) is -1.04. The van der Waals surface area contributed by atoms with E-state index in [4.69, 9.17) is 0 Å². The van der Waals surface area contributed by atoms with E-state index >= 15 is 0 Å². The van der Waals surface area contributed by atoms with Crippen molar-refractivity contribution >= 4 is 6.21 Å². The summed E-state index contributed by atoms with van der Waals surface area (Å²) < 4.78 is 65.0. The predicted octanol–water partition coefficient (Wildman–Crippen LogP) is 4.32. The minimum absolute atomic E-state index is 0.358. The van der Waals surface area contributed by atoms with Gasteiger partial charge >= 0.3 is 0 Å². The molecule has 0 radical (unpaired) electrons. The van der Waals surface area contributed by atoms with Crippen LogP contribution in [0.25, 0.3) is 0 Å². The average molecular weight is 295 g/mol. The molecule has 1 aromatic rings. The molecule has 1 rings (SSSR count). The van der Waals surface area contributed by atoms with Gasteiger partial charge in [-0.15, -0.1) is 0 Å². The molecule has 112 valence electrons. The first-order valence-electron chi connectivity index (χ1n) is 6.04. The van der Waals surface area contributed by atoms with Gasteiger partial charge in [0.1, 0.15) is 6.61 Å². The summed E-state index contributed by atoms with van der Waals surface area (Å²) in [6, 6.07) is 0. The van der Waals surface area contributed by atoms with E-state index in [9.17, 15) is 22.0 Å². The first-order chi connectivity index (χ1) is 9.40. The Morgan fingerprint density at radius 1 is 1.00 bits per heavy atom. The lowest BCUT2D eigenvalue weighted by Gasteiger charge is -2.07. The Kier molecular flexibility index (Phi) is 5.91. The highest BCUT2D eigenvalue weighted by Gasteiger charge is 2.25. The number of hydrogen-bond donors (Lipinski definition) is 0. The molecule has 0 spiro atoms. The summed E-state index contributed by atoms with van der Waals surface area (Å²) in [5.74, 6) is -9.63. The van der Waals surface area contributed by atoms with Crippen molar-refractivity contribution in [2.24, 2.45) is 11.1 Å². The number of oxime groups is 1. The minimum atomic E-state index is -2.19. The molecule has 0 bridgehead atoms. The highest BCUT2D eigenvalue weighted by atomic mass is 19.2. The SMILES string of the molecule is CCC(C)C/C=N/OCc1c(F)c(F)c(F)c(F)c1F. The molecule has 0 fully saturated rings. The fourth-order valence-electron chi connectivity index (χ4n) is 1.32. The van der Waals surface area contributed by atoms with E-state index in [0.717, 1.165) is 6.42 Å². The highest BCUT2D eigenvalue weighted by molar-refractivity contribution is 5.56. The van der Waals surface area contributed by atoms with Crippen LogP contribution >= 0.6 is 0 Å². The van der Waals surface area contributed by atoms with Crippen LogP contribution in [0.2, 0.25) is 0 Å². The van der Waals surface area contributed by atoms with Gasteiger partial charge in [-0.05, 0) is 12.3 Å². The summed E-state index contributed by atoms with van der Waals surface area (Å²) >= 11 is 0. The Morgan fingerprint density at radius 3 is 2.00 bits per heavy atom. The Balaban J connectivity index is 2.74. The molecule has 0 aliphatic heterocycles. The van der Waals surface area contributed by atoms with Crippen LogP contribution in [0.3, 0.4) is 0 Å². The third-order valence-corrected chi connectivity index (χ3v) is 2.86. The Labute approximate surface area is 113 Å². The van der Waals surface area contributed by atoms with Crippen LogP contribution in [0.5, 0.6) is 0 Å². The maximum atomic E-state index is 13.2. The van der Waals surface area contributed by atoms with Gasteiger partial charge in [0.25, 0.3) is 0 Å². The summed E-state index contributed by atoms with van der Waals surface area (Å²) in [4.78, 5) is 4.56. The Bertz CT molecular complexity index is 475. The smallest absolute Gasteiger partial charge is 0.200 e. The molecule has 0 N–H and O–H groups in total. The normalized spacial score (nSPS) is 12.9. The Morgan fingerprint density at radius 2 is 1.50 bits per heavy atom. The van der Waals surface area contributed by atoms with Crippen LogP contribution in [0.4, 0.5) is 22.0 Å². The number of benzene rings is 1. The van der Waals surface area contributed by atoms with E-state index in [1.54, 1.807) is 0 Å². The van der Waals surface area contributed by atoms with E-state index in [-0.39, 0.29) is 0 Å². The maximum absolute atomic E-state index is 13.2. The summed E-state index contributed by atoms with van der Waals surface area (Å²) in [7, 11) is 0. The number of nitrogens with zero attached hydrogens (tertiary/aromatic N) is 1. The van der Waals surface area contributed by atoms with Crippen molar-refractivity contribution in [3.8, 4) is 0 Å². The van der Waals surface area contributed by atoms with Crippen LogP contribution in [0.15, 0.2) is 5.16 Å². The lowest BCUT2D eigenvalue weighted by atomic mass is 10.1. The third-order valence-electron chi connectivity index (χ3n) is 2.86. The van der Waals surface area contributed by atoms with E-state index < -0.39 is 41.3 Å². The highest BCUT2D eigenvalue weighted by Crippen LogP contribution is 2.23. The lowest BCUT2D eigenvalue weighted by molar-refractivity contribution is 0.123. The molecule has 7 heteroatoms. The van der Waals surface area contributed by atoms with Crippen molar-refractivity contribution in [2.75, 3.05) is 0 Å². The van der Waals surface area contributed by atoms with Gasteiger partial charge in [-0.1, -0.05) is 25.4 Å². The molecule has 0 aliphatic carbocycles. The largest absolute Gasteiger partial charge is 0.391 e. The lowest BCUT2D eigenvalue weighted by Crippen LogP contribution is -2.07. The van der Waals surface area contributed by atoms with E-state index in [0.29, 0.717) is 12.3 Å². The van der Waals surface area contributed by atoms with E-state index in [1.165, 1.54) is 6.21 Å². The third kappa shape index (κ3) is 3.68. The fourth-order valence-corrected chi connectivity index (χ4v) is 1.32. The van der Waals surface area contributed by atoms with E-state index in [2.05, 4.69) is 9.99 Å². The number of halogens is 5. The van der Waals surface area contributed by atoms with Crippen LogP contribution in [-0.4, -0.2) is 6.21 Å². The van der Waals surface area contributed by atoms with Crippen LogP contribution < -0.4 is 0 Å². The monoisotopic (exact) mass is 295 g/mol. The molecule has 0 amide bonds. The Hall–Kier alpha value is -1.66. The molecule has 1 unspecified atom stereocenters. The molecule has 0 aromatic heterocycles. The molecular formula is C13H14F5NO. The van der Waals surface area contributed by atoms with Crippen molar-refractivity contribution in [1.82, 2.24) is 0 Å². The zero-order valence-corrected chi connectivity index (χ0v) is 11.0. The van der Waals surface area contributed by atoms with Gasteiger partial charge in [0.2, 0.25) is 5.82 Å². The van der Waals surface area contributed by atoms with Gasteiger partial charge in [-0.3, -0.25) is 0 Å². The van der Waals surface area contributed by atoms with Crippen molar-refractivity contribution in [3.05, 3.63) is 34.6 Å². The minimum Gasteiger partial charge on any atom is -0.391 e. The second-order valence-corrected chi connectivity index (χ2v) is 4.36. The van der Waals surface area contributed by atoms with Gasteiger partial charge < -0.3 is 4.84 Å².